The molecular formula is C27H26N2O2S. The highest BCUT2D eigenvalue weighted by atomic mass is 32.2. The minimum Gasteiger partial charge on any atom is -0.478 e. The smallest absolute Gasteiger partial charge is 0.328 e. The summed E-state index contributed by atoms with van der Waals surface area (Å²) in [6.07, 6.45) is 6.87. The van der Waals surface area contributed by atoms with Crippen molar-refractivity contribution in [2.24, 2.45) is 0 Å². The molecule has 3 aromatic carbocycles. The molecule has 4 nitrogen and oxygen atoms in total. The fraction of sp³-hybridized carbons (Fsp3) is 0.111. The van der Waals surface area contributed by atoms with Gasteiger partial charge in [-0.15, -0.1) is 11.8 Å². The maximum Gasteiger partial charge on any atom is 0.328 e. The number of nitrogens with two attached hydrogens (primary N) is 1. The number of hydrogen-bond acceptors (Lipinski definition) is 4. The number of allylic oxidation sites excluding steroid dienone is 1. The summed E-state index contributed by atoms with van der Waals surface area (Å²) in [5.41, 5.74) is 13.5. The number of nitrogens with one attached hydrogen (secondary N) is 1. The molecule has 3 aromatic rings. The number of thioether (sulfide) groups is 1. The Bertz CT molecular complexity index is 1190. The summed E-state index contributed by atoms with van der Waals surface area (Å²) in [6.45, 7) is 2.14. The lowest BCUT2D eigenvalue weighted by molar-refractivity contribution is -0.131. The van der Waals surface area contributed by atoms with Crippen molar-refractivity contribution in [2.75, 3.05) is 12.0 Å². The van der Waals surface area contributed by atoms with E-state index in [1.54, 1.807) is 17.8 Å². The summed E-state index contributed by atoms with van der Waals surface area (Å²) in [6, 6.07) is 22.1. The Hall–Kier alpha value is -3.57. The molecule has 0 heterocycles. The van der Waals surface area contributed by atoms with Crippen LogP contribution in [0.2, 0.25) is 0 Å². The van der Waals surface area contributed by atoms with Crippen molar-refractivity contribution in [1.29, 1.82) is 5.41 Å². The molecular weight excluding hydrogens is 416 g/mol. The van der Waals surface area contributed by atoms with Gasteiger partial charge in [0.1, 0.15) is 0 Å². The molecule has 32 heavy (non-hydrogen) atoms. The summed E-state index contributed by atoms with van der Waals surface area (Å²) < 4.78 is 0. The van der Waals surface area contributed by atoms with Gasteiger partial charge >= 0.3 is 5.97 Å². The molecule has 0 saturated heterocycles. The molecule has 3 rings (SSSR count). The first-order chi connectivity index (χ1) is 15.5. The average Bonchev–Trinajstić information content (AvgIpc) is 2.82. The molecule has 0 atom stereocenters. The highest BCUT2D eigenvalue weighted by molar-refractivity contribution is 7.98. The zero-order valence-corrected chi connectivity index (χ0v) is 18.9. The monoisotopic (exact) mass is 442 g/mol. The van der Waals surface area contributed by atoms with Crippen LogP contribution in [-0.2, 0) is 4.79 Å². The van der Waals surface area contributed by atoms with Crippen LogP contribution in [-0.4, -0.2) is 23.5 Å². The Morgan fingerprint density at radius 3 is 2.38 bits per heavy atom. The van der Waals surface area contributed by atoms with Crippen LogP contribution in [0, 0.1) is 5.41 Å². The van der Waals surface area contributed by atoms with Gasteiger partial charge in [-0.25, -0.2) is 4.79 Å². The van der Waals surface area contributed by atoms with Crippen LogP contribution >= 0.6 is 11.8 Å². The van der Waals surface area contributed by atoms with Gasteiger partial charge < -0.3 is 16.2 Å². The molecule has 0 aromatic heterocycles. The van der Waals surface area contributed by atoms with Crippen LogP contribution in [0.5, 0.6) is 0 Å². The van der Waals surface area contributed by atoms with Crippen LogP contribution in [0.15, 0.2) is 77.7 Å². The van der Waals surface area contributed by atoms with E-state index in [0.717, 1.165) is 40.3 Å². The van der Waals surface area contributed by atoms with Gasteiger partial charge in [-0.05, 0) is 76.4 Å². The summed E-state index contributed by atoms with van der Waals surface area (Å²) >= 11 is 1.71. The Kier molecular flexibility index (Phi) is 7.68. The van der Waals surface area contributed by atoms with E-state index in [1.165, 1.54) is 16.7 Å². The van der Waals surface area contributed by atoms with Crippen LogP contribution in [0.1, 0.15) is 41.2 Å². The van der Waals surface area contributed by atoms with Gasteiger partial charge in [-0.1, -0.05) is 49.4 Å². The number of rotatable bonds is 8. The Morgan fingerprint density at radius 1 is 1.03 bits per heavy atom. The summed E-state index contributed by atoms with van der Waals surface area (Å²) in [4.78, 5) is 12.0. The van der Waals surface area contributed by atoms with Crippen LogP contribution in [0.4, 0.5) is 5.69 Å². The Labute approximate surface area is 193 Å². The zero-order chi connectivity index (χ0) is 23.1. The molecule has 0 bridgehead atoms. The molecule has 0 unspecified atom stereocenters. The molecule has 0 spiro atoms. The Morgan fingerprint density at radius 2 is 1.75 bits per heavy atom. The molecule has 0 aliphatic rings. The third kappa shape index (κ3) is 5.37. The molecule has 0 radical (unpaired) electrons. The SMILES string of the molecule is CC/C(=C(/c1ccc(/C=C/C(=O)O)cc1)c1ccc(N)c(C=N)c1)c1cccc(SC)c1. The minimum atomic E-state index is -0.974. The molecule has 4 N–H and O–H groups in total. The quantitative estimate of drug-likeness (QED) is 0.123. The van der Waals surface area contributed by atoms with Crippen molar-refractivity contribution in [3.05, 3.63) is 101 Å². The van der Waals surface area contributed by atoms with Gasteiger partial charge in [0.2, 0.25) is 0 Å². The minimum absolute atomic E-state index is 0.569. The number of anilines is 1. The summed E-state index contributed by atoms with van der Waals surface area (Å²) in [5.74, 6) is -0.974. The van der Waals surface area contributed by atoms with E-state index in [0.29, 0.717) is 11.3 Å². The topological polar surface area (TPSA) is 87.2 Å². The first-order valence-electron chi connectivity index (χ1n) is 10.3. The fourth-order valence-corrected chi connectivity index (χ4v) is 4.09. The van der Waals surface area contributed by atoms with Crippen molar-refractivity contribution in [3.8, 4) is 0 Å². The second-order valence-electron chi connectivity index (χ2n) is 7.22. The standard InChI is InChI=1S/C27H26N2O2S/c1-3-24(20-5-4-6-23(16-20)32-2)27(21-12-13-25(29)22(15-21)17-28)19-10-7-18(8-11-19)9-14-26(30)31/h4-17,28H,3,29H2,1-2H3,(H,30,31)/b14-9+,27-24+,28-17?. The fourth-order valence-electron chi connectivity index (χ4n) is 3.63. The zero-order valence-electron chi connectivity index (χ0n) is 18.1. The highest BCUT2D eigenvalue weighted by Crippen LogP contribution is 2.36. The van der Waals surface area contributed by atoms with Crippen molar-refractivity contribution in [1.82, 2.24) is 0 Å². The maximum absolute atomic E-state index is 10.8. The van der Waals surface area contributed by atoms with E-state index in [9.17, 15) is 4.79 Å². The summed E-state index contributed by atoms with van der Waals surface area (Å²) in [5, 5.41) is 16.6. The number of carboxylic acids is 1. The number of carboxylic acid groups (broad SMARTS) is 1. The number of nitrogen functional groups attached to an aromatic ring is 1. The average molecular weight is 443 g/mol. The van der Waals surface area contributed by atoms with Gasteiger partial charge in [-0.2, -0.15) is 0 Å². The lowest BCUT2D eigenvalue weighted by Crippen LogP contribution is -1.99. The molecule has 0 aliphatic heterocycles. The largest absolute Gasteiger partial charge is 0.478 e. The maximum atomic E-state index is 10.8. The highest BCUT2D eigenvalue weighted by Gasteiger charge is 2.14. The molecule has 0 fully saturated rings. The van der Waals surface area contributed by atoms with Gasteiger partial charge in [0, 0.05) is 28.4 Å². The molecule has 5 heteroatoms. The van der Waals surface area contributed by atoms with Gasteiger partial charge in [0.05, 0.1) is 0 Å². The van der Waals surface area contributed by atoms with Gasteiger partial charge in [0.25, 0.3) is 0 Å². The van der Waals surface area contributed by atoms with E-state index >= 15 is 0 Å². The molecule has 0 saturated carbocycles. The normalized spacial score (nSPS) is 11.9. The Balaban J connectivity index is 2.24. The van der Waals surface area contributed by atoms with Crippen molar-refractivity contribution < 1.29 is 9.90 Å². The number of hydrogen-bond donors (Lipinski definition) is 3. The second kappa shape index (κ2) is 10.6. The van der Waals surface area contributed by atoms with E-state index in [-0.39, 0.29) is 0 Å². The lowest BCUT2D eigenvalue weighted by Gasteiger charge is -2.18. The first-order valence-corrected chi connectivity index (χ1v) is 11.5. The molecule has 162 valence electrons. The predicted molar refractivity (Wildman–Crippen MR) is 136 cm³/mol. The molecule has 0 aliphatic carbocycles. The van der Waals surface area contributed by atoms with Crippen LogP contribution in [0.25, 0.3) is 17.2 Å². The van der Waals surface area contributed by atoms with Crippen LogP contribution < -0.4 is 5.73 Å². The number of carbonyl (C=O) groups is 1. The third-order valence-corrected chi connectivity index (χ3v) is 5.95. The lowest BCUT2D eigenvalue weighted by atomic mass is 9.87. The number of benzene rings is 3. The van der Waals surface area contributed by atoms with Crippen molar-refractivity contribution in [2.45, 2.75) is 18.2 Å². The van der Waals surface area contributed by atoms with E-state index in [1.807, 2.05) is 42.5 Å². The number of aliphatic carboxylic acids is 1. The second-order valence-corrected chi connectivity index (χ2v) is 8.10. The molecule has 0 amide bonds. The van der Waals surface area contributed by atoms with Gasteiger partial charge in [-0.3, -0.25) is 0 Å². The van der Waals surface area contributed by atoms with Crippen molar-refractivity contribution in [3.63, 3.8) is 0 Å². The third-order valence-electron chi connectivity index (χ3n) is 5.22. The van der Waals surface area contributed by atoms with E-state index < -0.39 is 5.97 Å². The van der Waals surface area contributed by atoms with E-state index in [2.05, 4.69) is 37.4 Å². The van der Waals surface area contributed by atoms with Crippen molar-refractivity contribution >= 4 is 46.9 Å². The predicted octanol–water partition coefficient (Wildman–Crippen LogP) is 6.46. The van der Waals surface area contributed by atoms with E-state index in [4.69, 9.17) is 16.2 Å². The van der Waals surface area contributed by atoms with Gasteiger partial charge in [0.15, 0.2) is 0 Å². The van der Waals surface area contributed by atoms with Crippen LogP contribution in [0.3, 0.4) is 0 Å². The summed E-state index contributed by atoms with van der Waals surface area (Å²) in [7, 11) is 0. The first kappa shape index (κ1) is 23.1.